The molecule has 0 spiro atoms. The highest BCUT2D eigenvalue weighted by Crippen LogP contribution is 2.35. The van der Waals surface area contributed by atoms with Gasteiger partial charge in [0.25, 0.3) is 0 Å². The van der Waals surface area contributed by atoms with Gasteiger partial charge >= 0.3 is 0 Å². The number of hydrogen-bond acceptors (Lipinski definition) is 1. The highest BCUT2D eigenvalue weighted by molar-refractivity contribution is 4.81. The molecule has 1 aliphatic rings. The van der Waals surface area contributed by atoms with Crippen molar-refractivity contribution in [3.05, 3.63) is 0 Å². The Morgan fingerprint density at radius 3 is 2.00 bits per heavy atom. The van der Waals surface area contributed by atoms with E-state index in [1.54, 1.807) is 0 Å². The summed E-state index contributed by atoms with van der Waals surface area (Å²) in [5.74, 6) is 0. The van der Waals surface area contributed by atoms with Gasteiger partial charge in [-0.25, -0.2) is 0 Å². The number of piperidine rings is 1. The molecule has 62 valence electrons. The van der Waals surface area contributed by atoms with Gasteiger partial charge in [-0.3, -0.25) is 0 Å². The molecule has 10 heavy (non-hydrogen) atoms. The van der Waals surface area contributed by atoms with Crippen molar-refractivity contribution in [1.82, 2.24) is 5.32 Å². The predicted molar refractivity (Wildman–Crippen MR) is 47.2 cm³/mol. The molecule has 0 aromatic heterocycles. The fourth-order valence-corrected chi connectivity index (χ4v) is 1.91. The molecule has 1 rings (SSSR count). The number of hydrogen-bond donors (Lipinski definition) is 1. The van der Waals surface area contributed by atoms with Crippen molar-refractivity contribution in [2.75, 3.05) is 13.1 Å². The lowest BCUT2D eigenvalue weighted by molar-refractivity contribution is 0.185. The zero-order chi connectivity index (χ0) is 7.45. The Labute approximate surface area is 65.7 Å². The first-order chi connectivity index (χ1) is 4.83. The van der Waals surface area contributed by atoms with Crippen LogP contribution in [0.3, 0.4) is 0 Å². The van der Waals surface area contributed by atoms with Gasteiger partial charge in [0.15, 0.2) is 0 Å². The SMILES string of the molecule is CCC1(CC)CCNCC1.[HH]. The Balaban J connectivity index is 0.000001000. The topological polar surface area (TPSA) is 12.0 Å². The molecule has 0 bridgehead atoms. The van der Waals surface area contributed by atoms with E-state index in [0.717, 1.165) is 0 Å². The van der Waals surface area contributed by atoms with Crippen LogP contribution in [0.5, 0.6) is 0 Å². The van der Waals surface area contributed by atoms with Crippen LogP contribution < -0.4 is 5.32 Å². The minimum Gasteiger partial charge on any atom is -0.317 e. The standard InChI is InChI=1S/C9H19N.H2/c1-3-9(4-2)5-7-10-8-6-9;/h10H,3-8H2,1-2H3;1H. The van der Waals surface area contributed by atoms with E-state index < -0.39 is 0 Å². The van der Waals surface area contributed by atoms with Crippen LogP contribution in [0.1, 0.15) is 41.0 Å². The molecule has 1 fully saturated rings. The van der Waals surface area contributed by atoms with Crippen LogP contribution in [0.2, 0.25) is 0 Å². The lowest BCUT2D eigenvalue weighted by Gasteiger charge is -2.35. The van der Waals surface area contributed by atoms with Crippen LogP contribution in [-0.2, 0) is 0 Å². The Morgan fingerprint density at radius 2 is 1.70 bits per heavy atom. The molecule has 0 aromatic carbocycles. The molecular weight excluding hydrogens is 122 g/mol. The second-order valence-electron chi connectivity index (χ2n) is 3.46. The second kappa shape index (κ2) is 3.38. The highest BCUT2D eigenvalue weighted by Gasteiger charge is 2.27. The zero-order valence-electron chi connectivity index (χ0n) is 7.24. The van der Waals surface area contributed by atoms with Crippen LogP contribution in [0.4, 0.5) is 0 Å². The van der Waals surface area contributed by atoms with E-state index in [9.17, 15) is 0 Å². The molecule has 0 amide bonds. The smallest absolute Gasteiger partial charge is 0 e. The van der Waals surface area contributed by atoms with Crippen molar-refractivity contribution >= 4 is 0 Å². The Bertz CT molecular complexity index is 91.7. The molecule has 1 heterocycles. The van der Waals surface area contributed by atoms with Gasteiger partial charge in [0, 0.05) is 1.43 Å². The molecular formula is C9H21N. The lowest BCUT2D eigenvalue weighted by Crippen LogP contribution is -2.35. The van der Waals surface area contributed by atoms with Gasteiger partial charge in [-0.2, -0.15) is 0 Å². The van der Waals surface area contributed by atoms with Gasteiger partial charge in [-0.15, -0.1) is 0 Å². The third-order valence-electron chi connectivity index (χ3n) is 3.16. The number of rotatable bonds is 2. The minimum absolute atomic E-state index is 0. The minimum atomic E-state index is 0. The molecule has 0 radical (unpaired) electrons. The summed E-state index contributed by atoms with van der Waals surface area (Å²) < 4.78 is 0. The quantitative estimate of drug-likeness (QED) is 0.626. The molecule has 1 heteroatoms. The first-order valence-electron chi connectivity index (χ1n) is 4.54. The van der Waals surface area contributed by atoms with Gasteiger partial charge in [0.05, 0.1) is 0 Å². The first-order valence-corrected chi connectivity index (χ1v) is 4.54. The molecule has 1 saturated heterocycles. The summed E-state index contributed by atoms with van der Waals surface area (Å²) in [6.07, 6.45) is 5.51. The van der Waals surface area contributed by atoms with E-state index >= 15 is 0 Å². The largest absolute Gasteiger partial charge is 0.317 e. The first kappa shape index (κ1) is 8.06. The third-order valence-corrected chi connectivity index (χ3v) is 3.16. The summed E-state index contributed by atoms with van der Waals surface area (Å²) in [5, 5.41) is 3.41. The van der Waals surface area contributed by atoms with Crippen molar-refractivity contribution in [3.63, 3.8) is 0 Å². The molecule has 1 nitrogen and oxygen atoms in total. The summed E-state index contributed by atoms with van der Waals surface area (Å²) >= 11 is 0. The zero-order valence-corrected chi connectivity index (χ0v) is 7.24. The number of nitrogens with one attached hydrogen (secondary N) is 1. The van der Waals surface area contributed by atoms with E-state index in [1.807, 2.05) is 0 Å². The fraction of sp³-hybridized carbons (Fsp3) is 1.00. The molecule has 0 atom stereocenters. The summed E-state index contributed by atoms with van der Waals surface area (Å²) in [7, 11) is 0. The Hall–Kier alpha value is -0.0400. The van der Waals surface area contributed by atoms with Crippen molar-refractivity contribution in [2.24, 2.45) is 5.41 Å². The molecule has 0 saturated carbocycles. The predicted octanol–water partition coefficient (Wildman–Crippen LogP) is 2.42. The van der Waals surface area contributed by atoms with Crippen molar-refractivity contribution in [3.8, 4) is 0 Å². The molecule has 1 aliphatic heterocycles. The van der Waals surface area contributed by atoms with Gasteiger partial charge in [-0.1, -0.05) is 26.7 Å². The average molecular weight is 143 g/mol. The van der Waals surface area contributed by atoms with E-state index in [1.165, 1.54) is 38.8 Å². The molecule has 0 unspecified atom stereocenters. The van der Waals surface area contributed by atoms with Crippen LogP contribution in [0.15, 0.2) is 0 Å². The van der Waals surface area contributed by atoms with Gasteiger partial charge < -0.3 is 5.32 Å². The maximum absolute atomic E-state index is 3.41. The normalized spacial score (nSPS) is 24.6. The molecule has 0 aliphatic carbocycles. The molecule has 0 aromatic rings. The maximum Gasteiger partial charge on any atom is 0 e. The molecule has 1 N–H and O–H groups in total. The van der Waals surface area contributed by atoms with Gasteiger partial charge in [0.2, 0.25) is 0 Å². The average Bonchev–Trinajstić information content (AvgIpc) is 2.06. The van der Waals surface area contributed by atoms with Crippen LogP contribution >= 0.6 is 0 Å². The van der Waals surface area contributed by atoms with Crippen molar-refractivity contribution < 1.29 is 1.43 Å². The third kappa shape index (κ3) is 1.51. The van der Waals surface area contributed by atoms with Crippen molar-refractivity contribution in [2.45, 2.75) is 39.5 Å². The monoisotopic (exact) mass is 143 g/mol. The van der Waals surface area contributed by atoms with Crippen LogP contribution in [0.25, 0.3) is 0 Å². The summed E-state index contributed by atoms with van der Waals surface area (Å²) in [4.78, 5) is 0. The van der Waals surface area contributed by atoms with E-state index in [4.69, 9.17) is 0 Å². The van der Waals surface area contributed by atoms with Crippen molar-refractivity contribution in [1.29, 1.82) is 0 Å². The summed E-state index contributed by atoms with van der Waals surface area (Å²) in [6.45, 7) is 7.13. The highest BCUT2D eigenvalue weighted by atomic mass is 14.9. The van der Waals surface area contributed by atoms with Gasteiger partial charge in [-0.05, 0) is 31.3 Å². The van der Waals surface area contributed by atoms with E-state index in [-0.39, 0.29) is 1.43 Å². The summed E-state index contributed by atoms with van der Waals surface area (Å²) in [5.41, 5.74) is 0.700. The Morgan fingerprint density at radius 1 is 1.20 bits per heavy atom. The van der Waals surface area contributed by atoms with Crippen LogP contribution in [0, 0.1) is 5.41 Å². The Kier molecular flexibility index (Phi) is 2.72. The van der Waals surface area contributed by atoms with E-state index in [2.05, 4.69) is 19.2 Å². The second-order valence-corrected chi connectivity index (χ2v) is 3.46. The fourth-order valence-electron chi connectivity index (χ4n) is 1.91. The maximum atomic E-state index is 3.41. The van der Waals surface area contributed by atoms with Crippen LogP contribution in [-0.4, -0.2) is 13.1 Å². The van der Waals surface area contributed by atoms with E-state index in [0.29, 0.717) is 5.41 Å². The van der Waals surface area contributed by atoms with Gasteiger partial charge in [0.1, 0.15) is 0 Å². The lowest BCUT2D eigenvalue weighted by atomic mass is 9.75. The summed E-state index contributed by atoms with van der Waals surface area (Å²) in [6, 6.07) is 0.